The third kappa shape index (κ3) is 1.68. The number of hydrogen-bond donors (Lipinski definition) is 1. The number of β-lactam (4-membered cyclic amide) rings is 1. The Kier molecular flexibility index (Phi) is 2.92. The number of aliphatic carboxylic acids is 1. The molecule has 6 heteroatoms. The van der Waals surface area contributed by atoms with Gasteiger partial charge < -0.3 is 5.11 Å². The molecule has 1 N–H and O–H groups in total. The van der Waals surface area contributed by atoms with Crippen molar-refractivity contribution in [2.24, 2.45) is 0 Å². The number of ketones is 1. The summed E-state index contributed by atoms with van der Waals surface area (Å²) in [6, 6.07) is 9.20. The summed E-state index contributed by atoms with van der Waals surface area (Å²) in [4.78, 5) is 37.0. The standard InChI is InChI=1S/C15H15NO4S/c1-14(2)15(13(19)20,8-9-6-4-3-5-7-9)16-11(18)10(17)12(16)21-14/h3-7,12H,8H2,1-2H3,(H,19,20)/t12-,15+/m1/s1. The van der Waals surface area contributed by atoms with Gasteiger partial charge in [0.1, 0.15) is 5.37 Å². The van der Waals surface area contributed by atoms with E-state index in [4.69, 9.17) is 0 Å². The fraction of sp³-hybridized carbons (Fsp3) is 0.400. The van der Waals surface area contributed by atoms with Gasteiger partial charge >= 0.3 is 5.97 Å². The van der Waals surface area contributed by atoms with Crippen LogP contribution in [0.5, 0.6) is 0 Å². The van der Waals surface area contributed by atoms with Crippen molar-refractivity contribution < 1.29 is 19.5 Å². The van der Waals surface area contributed by atoms with Crippen LogP contribution in [0.4, 0.5) is 0 Å². The Labute approximate surface area is 126 Å². The summed E-state index contributed by atoms with van der Waals surface area (Å²) in [6.07, 6.45) is 0.193. The second-order valence-corrected chi connectivity index (χ2v) is 7.55. The van der Waals surface area contributed by atoms with E-state index in [1.165, 1.54) is 16.7 Å². The SMILES string of the molecule is CC1(C)S[C@@H]2C(=O)C(=O)N2[C@@]1(Cc1ccccc1)C(=O)O. The topological polar surface area (TPSA) is 74.7 Å². The van der Waals surface area contributed by atoms with Gasteiger partial charge in [0.05, 0.1) is 0 Å². The molecule has 2 heterocycles. The molecule has 0 unspecified atom stereocenters. The van der Waals surface area contributed by atoms with Crippen molar-refractivity contribution in [2.45, 2.75) is 35.9 Å². The molecule has 3 rings (SSSR count). The predicted octanol–water partition coefficient (Wildman–Crippen LogP) is 1.32. The molecule has 0 saturated carbocycles. The maximum atomic E-state index is 12.1. The zero-order chi connectivity index (χ0) is 15.4. The van der Waals surface area contributed by atoms with Crippen LogP contribution in [0.1, 0.15) is 19.4 Å². The van der Waals surface area contributed by atoms with E-state index in [1.54, 1.807) is 13.8 Å². The van der Waals surface area contributed by atoms with E-state index in [2.05, 4.69) is 0 Å². The molecule has 2 fully saturated rings. The average Bonchev–Trinajstić information content (AvgIpc) is 2.66. The zero-order valence-electron chi connectivity index (χ0n) is 11.7. The second kappa shape index (κ2) is 4.34. The minimum Gasteiger partial charge on any atom is -0.479 e. The molecular formula is C15H15NO4S. The number of carbonyl (C=O) groups excluding carboxylic acids is 2. The molecule has 2 atom stereocenters. The lowest BCUT2D eigenvalue weighted by molar-refractivity contribution is -0.172. The highest BCUT2D eigenvalue weighted by atomic mass is 32.2. The van der Waals surface area contributed by atoms with Crippen molar-refractivity contribution in [3.05, 3.63) is 35.9 Å². The number of fused-ring (bicyclic) bond motifs is 1. The van der Waals surface area contributed by atoms with Crippen molar-refractivity contribution in [3.8, 4) is 0 Å². The molecule has 2 saturated heterocycles. The Bertz CT molecular complexity index is 642. The number of thioether (sulfide) groups is 1. The van der Waals surface area contributed by atoms with Gasteiger partial charge in [-0.1, -0.05) is 30.3 Å². The van der Waals surface area contributed by atoms with Crippen LogP contribution >= 0.6 is 11.8 Å². The molecule has 5 nitrogen and oxygen atoms in total. The van der Waals surface area contributed by atoms with Gasteiger partial charge in [-0.15, -0.1) is 11.8 Å². The lowest BCUT2D eigenvalue weighted by Gasteiger charge is -2.45. The maximum absolute atomic E-state index is 12.1. The fourth-order valence-corrected chi connectivity index (χ4v) is 4.75. The first-order valence-corrected chi connectivity index (χ1v) is 7.52. The van der Waals surface area contributed by atoms with E-state index in [1.807, 2.05) is 30.3 Å². The number of carboxylic acid groups (broad SMARTS) is 1. The third-order valence-electron chi connectivity index (χ3n) is 4.36. The molecule has 0 aliphatic carbocycles. The number of benzene rings is 1. The van der Waals surface area contributed by atoms with E-state index in [9.17, 15) is 19.5 Å². The second-order valence-electron chi connectivity index (χ2n) is 5.85. The molecule has 2 aliphatic heterocycles. The molecule has 0 bridgehead atoms. The zero-order valence-corrected chi connectivity index (χ0v) is 12.5. The van der Waals surface area contributed by atoms with Crippen LogP contribution in [-0.2, 0) is 20.8 Å². The van der Waals surface area contributed by atoms with E-state index >= 15 is 0 Å². The predicted molar refractivity (Wildman–Crippen MR) is 77.8 cm³/mol. The Morgan fingerprint density at radius 1 is 1.29 bits per heavy atom. The van der Waals surface area contributed by atoms with Crippen molar-refractivity contribution in [1.82, 2.24) is 4.90 Å². The van der Waals surface area contributed by atoms with Gasteiger partial charge in [-0.05, 0) is 19.4 Å². The summed E-state index contributed by atoms with van der Waals surface area (Å²) in [6.45, 7) is 3.57. The third-order valence-corrected chi connectivity index (χ3v) is 5.93. The average molecular weight is 305 g/mol. The van der Waals surface area contributed by atoms with Gasteiger partial charge in [0.25, 0.3) is 11.7 Å². The van der Waals surface area contributed by atoms with Crippen LogP contribution in [0.3, 0.4) is 0 Å². The smallest absolute Gasteiger partial charge is 0.331 e. The first-order valence-electron chi connectivity index (χ1n) is 6.64. The number of Topliss-reactive ketones (excluding diaryl/α,β-unsaturated/α-hetero) is 1. The van der Waals surface area contributed by atoms with Crippen molar-refractivity contribution >= 4 is 29.4 Å². The number of amides is 1. The molecular weight excluding hydrogens is 290 g/mol. The molecule has 0 radical (unpaired) electrons. The Balaban J connectivity index is 2.09. The first-order chi connectivity index (χ1) is 9.81. The first kappa shape index (κ1) is 14.1. The number of nitrogens with zero attached hydrogens (tertiary/aromatic N) is 1. The Morgan fingerprint density at radius 2 is 1.90 bits per heavy atom. The number of carbonyl (C=O) groups is 3. The lowest BCUT2D eigenvalue weighted by Crippen LogP contribution is -2.71. The summed E-state index contributed by atoms with van der Waals surface area (Å²) in [5.41, 5.74) is -0.560. The number of hydrogen-bond acceptors (Lipinski definition) is 4. The summed E-state index contributed by atoms with van der Waals surface area (Å²) in [5.74, 6) is -2.24. The van der Waals surface area contributed by atoms with Crippen LogP contribution in [0.25, 0.3) is 0 Å². The van der Waals surface area contributed by atoms with Gasteiger partial charge in [0, 0.05) is 11.2 Å². The van der Waals surface area contributed by atoms with Gasteiger partial charge in [-0.2, -0.15) is 0 Å². The Morgan fingerprint density at radius 3 is 2.48 bits per heavy atom. The van der Waals surface area contributed by atoms with Gasteiger partial charge in [-0.25, -0.2) is 4.79 Å². The molecule has 110 valence electrons. The maximum Gasteiger partial charge on any atom is 0.331 e. The summed E-state index contributed by atoms with van der Waals surface area (Å²) < 4.78 is -0.749. The highest BCUT2D eigenvalue weighted by Gasteiger charge is 2.72. The quantitative estimate of drug-likeness (QED) is 0.673. The molecule has 1 amide bonds. The van der Waals surface area contributed by atoms with Gasteiger partial charge in [0.2, 0.25) is 0 Å². The van der Waals surface area contributed by atoms with Crippen LogP contribution in [0, 0.1) is 0 Å². The monoisotopic (exact) mass is 305 g/mol. The van der Waals surface area contributed by atoms with Crippen LogP contribution in [0.2, 0.25) is 0 Å². The van der Waals surface area contributed by atoms with Crippen LogP contribution < -0.4 is 0 Å². The minimum absolute atomic E-state index is 0.193. The summed E-state index contributed by atoms with van der Waals surface area (Å²) >= 11 is 1.26. The molecule has 2 aliphatic rings. The highest BCUT2D eigenvalue weighted by Crippen LogP contribution is 2.56. The summed E-state index contributed by atoms with van der Waals surface area (Å²) in [7, 11) is 0. The highest BCUT2D eigenvalue weighted by molar-refractivity contribution is 8.02. The lowest BCUT2D eigenvalue weighted by atomic mass is 9.77. The van der Waals surface area contributed by atoms with E-state index in [0.717, 1.165) is 5.56 Å². The Hall–Kier alpha value is -1.82. The molecule has 21 heavy (non-hydrogen) atoms. The molecule has 0 aromatic heterocycles. The van der Waals surface area contributed by atoms with Crippen LogP contribution in [-0.4, -0.2) is 43.3 Å². The largest absolute Gasteiger partial charge is 0.479 e. The summed E-state index contributed by atoms with van der Waals surface area (Å²) in [5, 5.41) is 9.21. The van der Waals surface area contributed by atoms with Crippen molar-refractivity contribution in [2.75, 3.05) is 0 Å². The van der Waals surface area contributed by atoms with Crippen molar-refractivity contribution in [1.29, 1.82) is 0 Å². The number of rotatable bonds is 3. The number of carboxylic acids is 1. The molecule has 0 spiro atoms. The fourth-order valence-electron chi connectivity index (χ4n) is 3.15. The van der Waals surface area contributed by atoms with E-state index in [0.29, 0.717) is 0 Å². The van der Waals surface area contributed by atoms with E-state index < -0.39 is 33.3 Å². The molecule has 1 aromatic carbocycles. The van der Waals surface area contributed by atoms with E-state index in [-0.39, 0.29) is 6.42 Å². The van der Waals surface area contributed by atoms with Crippen LogP contribution in [0.15, 0.2) is 30.3 Å². The van der Waals surface area contributed by atoms with Crippen molar-refractivity contribution in [3.63, 3.8) is 0 Å². The molecule has 1 aromatic rings. The normalized spacial score (nSPS) is 30.0. The van der Waals surface area contributed by atoms with Gasteiger partial charge in [0.15, 0.2) is 5.54 Å². The van der Waals surface area contributed by atoms with Gasteiger partial charge in [-0.3, -0.25) is 14.5 Å². The minimum atomic E-state index is -1.39.